The third kappa shape index (κ3) is 6.77. The summed E-state index contributed by atoms with van der Waals surface area (Å²) < 4.78 is 13.0. The lowest BCUT2D eigenvalue weighted by molar-refractivity contribution is -0.138. The summed E-state index contributed by atoms with van der Waals surface area (Å²) >= 11 is 0. The Morgan fingerprint density at radius 1 is 1.11 bits per heavy atom. The Morgan fingerprint density at radius 3 is 2.61 bits per heavy atom. The zero-order valence-electron chi connectivity index (χ0n) is 19.9. The van der Waals surface area contributed by atoms with Crippen molar-refractivity contribution in [3.8, 4) is 0 Å². The molecule has 0 saturated carbocycles. The van der Waals surface area contributed by atoms with Crippen molar-refractivity contribution in [2.75, 3.05) is 26.3 Å². The molecule has 1 heterocycles. The molecule has 192 valence electrons. The summed E-state index contributed by atoms with van der Waals surface area (Å²) in [6, 6.07) is 10.9. The van der Waals surface area contributed by atoms with Gasteiger partial charge in [0.2, 0.25) is 11.8 Å². The molecule has 1 aliphatic heterocycles. The lowest BCUT2D eigenvalue weighted by Crippen LogP contribution is -2.52. The highest BCUT2D eigenvalue weighted by Crippen LogP contribution is 2.20. The topological polar surface area (TPSA) is 157 Å². The number of amides is 3. The predicted octanol–water partition coefficient (Wildman–Crippen LogP) is 0.847. The fourth-order valence-corrected chi connectivity index (χ4v) is 4.32. The molecule has 2 atom stereocenters. The molecule has 0 bridgehead atoms. The SMILES string of the molecule is N=C(N)NCCC[C@H](NC(=O)[C@@H]1CCCN1C(=O)CNC(=O)c1cccc2ccccc12)C(=O)CF. The van der Waals surface area contributed by atoms with Gasteiger partial charge in [0.1, 0.15) is 12.7 Å². The molecule has 2 aromatic carbocycles. The van der Waals surface area contributed by atoms with Crippen molar-refractivity contribution in [3.63, 3.8) is 0 Å². The van der Waals surface area contributed by atoms with Crippen LogP contribution in [0.1, 0.15) is 36.0 Å². The Morgan fingerprint density at radius 2 is 1.86 bits per heavy atom. The van der Waals surface area contributed by atoms with Gasteiger partial charge in [-0.1, -0.05) is 36.4 Å². The van der Waals surface area contributed by atoms with Gasteiger partial charge in [0.25, 0.3) is 5.91 Å². The van der Waals surface area contributed by atoms with Crippen LogP contribution in [0, 0.1) is 5.41 Å². The van der Waals surface area contributed by atoms with Crippen molar-refractivity contribution in [3.05, 3.63) is 48.0 Å². The van der Waals surface area contributed by atoms with Crippen LogP contribution in [-0.2, 0) is 14.4 Å². The summed E-state index contributed by atoms with van der Waals surface area (Å²) in [6.45, 7) is -0.870. The summed E-state index contributed by atoms with van der Waals surface area (Å²) in [5.41, 5.74) is 5.66. The summed E-state index contributed by atoms with van der Waals surface area (Å²) in [5.74, 6) is -2.33. The number of likely N-dealkylation sites (tertiary alicyclic amines) is 1. The second kappa shape index (κ2) is 12.6. The minimum atomic E-state index is -1.22. The molecule has 1 saturated heterocycles. The molecule has 36 heavy (non-hydrogen) atoms. The fraction of sp³-hybridized carbons (Fsp3) is 0.400. The molecule has 2 aromatic rings. The van der Waals surface area contributed by atoms with E-state index in [4.69, 9.17) is 11.1 Å². The van der Waals surface area contributed by atoms with Crippen LogP contribution in [0.5, 0.6) is 0 Å². The minimum absolute atomic E-state index is 0.163. The molecule has 11 heteroatoms. The standard InChI is InChI=1S/C25H31FN6O4/c26-14-21(33)19(10-4-12-29-25(27)28)31-24(36)20-11-5-13-32(20)22(34)15-30-23(35)18-9-3-7-16-6-1-2-8-17(16)18/h1-3,6-9,19-20H,4-5,10-15H2,(H,30,35)(H,31,36)(H4,27,28,29)/t19-,20-/m0/s1. The Bertz CT molecular complexity index is 1140. The van der Waals surface area contributed by atoms with Crippen LogP contribution < -0.4 is 21.7 Å². The van der Waals surface area contributed by atoms with E-state index in [1.807, 2.05) is 30.3 Å². The first kappa shape index (κ1) is 26.6. The second-order valence-corrected chi connectivity index (χ2v) is 8.60. The van der Waals surface area contributed by atoms with E-state index in [2.05, 4.69) is 16.0 Å². The number of carbonyl (C=O) groups is 4. The first-order valence-electron chi connectivity index (χ1n) is 11.8. The van der Waals surface area contributed by atoms with Crippen molar-refractivity contribution in [1.29, 1.82) is 5.41 Å². The van der Waals surface area contributed by atoms with Crippen LogP contribution in [0.15, 0.2) is 42.5 Å². The van der Waals surface area contributed by atoms with Gasteiger partial charge in [-0.3, -0.25) is 24.6 Å². The Hall–Kier alpha value is -4.02. The normalized spacial score (nSPS) is 15.8. The number of Topliss-reactive ketones (excluding diaryl/α,β-unsaturated/α-hetero) is 1. The molecule has 1 fully saturated rings. The summed E-state index contributed by atoms with van der Waals surface area (Å²) in [5, 5.41) is 16.6. The highest BCUT2D eigenvalue weighted by molar-refractivity contribution is 6.08. The summed E-state index contributed by atoms with van der Waals surface area (Å²) in [4.78, 5) is 51.9. The zero-order valence-corrected chi connectivity index (χ0v) is 19.9. The van der Waals surface area contributed by atoms with E-state index in [0.717, 1.165) is 10.8 Å². The van der Waals surface area contributed by atoms with Crippen molar-refractivity contribution < 1.29 is 23.6 Å². The number of carbonyl (C=O) groups excluding carboxylic acids is 4. The number of rotatable bonds is 11. The number of benzene rings is 2. The molecular weight excluding hydrogens is 467 g/mol. The molecule has 0 spiro atoms. The highest BCUT2D eigenvalue weighted by Gasteiger charge is 2.35. The van der Waals surface area contributed by atoms with E-state index in [1.54, 1.807) is 12.1 Å². The highest BCUT2D eigenvalue weighted by atomic mass is 19.1. The van der Waals surface area contributed by atoms with Gasteiger partial charge in [0.05, 0.1) is 12.6 Å². The third-order valence-electron chi connectivity index (χ3n) is 6.13. The van der Waals surface area contributed by atoms with Crippen LogP contribution in [0.4, 0.5) is 4.39 Å². The molecule has 3 rings (SSSR count). The number of nitrogens with two attached hydrogens (primary N) is 1. The number of alkyl halides is 1. The molecule has 0 unspecified atom stereocenters. The van der Waals surface area contributed by atoms with Crippen LogP contribution >= 0.6 is 0 Å². The van der Waals surface area contributed by atoms with Gasteiger partial charge < -0.3 is 26.6 Å². The molecule has 6 N–H and O–H groups in total. The van der Waals surface area contributed by atoms with Gasteiger partial charge in [0, 0.05) is 18.7 Å². The van der Waals surface area contributed by atoms with Gasteiger partial charge in [-0.2, -0.15) is 0 Å². The van der Waals surface area contributed by atoms with E-state index >= 15 is 0 Å². The van der Waals surface area contributed by atoms with E-state index in [-0.39, 0.29) is 18.9 Å². The largest absolute Gasteiger partial charge is 0.370 e. The Labute approximate surface area is 208 Å². The number of ketones is 1. The molecule has 3 amide bonds. The number of fused-ring (bicyclic) bond motifs is 1. The Balaban J connectivity index is 1.58. The monoisotopic (exact) mass is 498 g/mol. The first-order valence-corrected chi connectivity index (χ1v) is 11.8. The number of halogens is 1. The van der Waals surface area contributed by atoms with E-state index in [1.165, 1.54) is 4.90 Å². The Kier molecular flexibility index (Phi) is 9.32. The number of hydrogen-bond acceptors (Lipinski definition) is 5. The lowest BCUT2D eigenvalue weighted by atomic mass is 10.0. The number of hydrogen-bond donors (Lipinski definition) is 5. The quantitative estimate of drug-likeness (QED) is 0.176. The van der Waals surface area contributed by atoms with Gasteiger partial charge in [-0.25, -0.2) is 4.39 Å². The average molecular weight is 499 g/mol. The van der Waals surface area contributed by atoms with Gasteiger partial charge in [-0.05, 0) is 42.5 Å². The van der Waals surface area contributed by atoms with Gasteiger partial charge in [-0.15, -0.1) is 0 Å². The average Bonchev–Trinajstić information content (AvgIpc) is 3.38. The van der Waals surface area contributed by atoms with Crippen molar-refractivity contribution in [2.45, 2.75) is 37.8 Å². The van der Waals surface area contributed by atoms with Gasteiger partial charge in [0.15, 0.2) is 11.7 Å². The van der Waals surface area contributed by atoms with E-state index < -0.39 is 42.3 Å². The second-order valence-electron chi connectivity index (χ2n) is 8.60. The molecule has 1 aliphatic rings. The number of guanidine groups is 1. The van der Waals surface area contributed by atoms with Crippen LogP contribution in [0.3, 0.4) is 0 Å². The van der Waals surface area contributed by atoms with E-state index in [0.29, 0.717) is 37.9 Å². The zero-order chi connectivity index (χ0) is 26.1. The maximum absolute atomic E-state index is 13.0. The van der Waals surface area contributed by atoms with E-state index in [9.17, 15) is 23.6 Å². The van der Waals surface area contributed by atoms with Gasteiger partial charge >= 0.3 is 0 Å². The fourth-order valence-electron chi connectivity index (χ4n) is 4.32. The van der Waals surface area contributed by atoms with Crippen LogP contribution in [-0.4, -0.2) is 72.8 Å². The molecule has 10 nitrogen and oxygen atoms in total. The number of nitrogens with one attached hydrogen (secondary N) is 4. The molecule has 0 radical (unpaired) electrons. The van der Waals surface area contributed by atoms with Crippen molar-refractivity contribution in [2.24, 2.45) is 5.73 Å². The first-order chi connectivity index (χ1) is 17.3. The molecule has 0 aliphatic carbocycles. The summed E-state index contributed by atoms with van der Waals surface area (Å²) in [7, 11) is 0. The summed E-state index contributed by atoms with van der Waals surface area (Å²) in [6.07, 6.45) is 1.53. The van der Waals surface area contributed by atoms with Crippen molar-refractivity contribution >= 4 is 40.2 Å². The smallest absolute Gasteiger partial charge is 0.252 e. The van der Waals surface area contributed by atoms with Crippen molar-refractivity contribution in [1.82, 2.24) is 20.9 Å². The maximum atomic E-state index is 13.0. The lowest BCUT2D eigenvalue weighted by Gasteiger charge is -2.26. The minimum Gasteiger partial charge on any atom is -0.370 e. The molecule has 0 aromatic heterocycles. The maximum Gasteiger partial charge on any atom is 0.252 e. The van der Waals surface area contributed by atoms with Crippen LogP contribution in [0.2, 0.25) is 0 Å². The predicted molar refractivity (Wildman–Crippen MR) is 133 cm³/mol. The third-order valence-corrected chi connectivity index (χ3v) is 6.13. The van der Waals surface area contributed by atoms with Crippen LogP contribution in [0.25, 0.3) is 10.8 Å². The number of nitrogens with zero attached hydrogens (tertiary/aromatic N) is 1. The molecular formula is C25H31FN6O4.